The summed E-state index contributed by atoms with van der Waals surface area (Å²) < 4.78 is 0. The van der Waals surface area contributed by atoms with Gasteiger partial charge < -0.3 is 0 Å². The Morgan fingerprint density at radius 1 is 1.88 bits per heavy atom. The zero-order valence-corrected chi connectivity index (χ0v) is 5.98. The number of halogens is 1. The zero-order valence-electron chi connectivity index (χ0n) is 4.39. The summed E-state index contributed by atoms with van der Waals surface area (Å²) in [7, 11) is 0. The second-order valence-electron chi connectivity index (χ2n) is 1.82. The van der Waals surface area contributed by atoms with E-state index in [1.807, 2.05) is 6.08 Å². The topological polar surface area (TPSA) is 4.36 Å². The van der Waals surface area contributed by atoms with Crippen LogP contribution in [0.3, 0.4) is 0 Å². The monoisotopic (exact) mass is 171 g/mol. The van der Waals surface area contributed by atoms with Crippen molar-refractivity contribution in [2.75, 3.05) is 0 Å². The molecule has 1 atom stereocenters. The highest BCUT2D eigenvalue weighted by Gasteiger charge is 2.11. The van der Waals surface area contributed by atoms with Crippen molar-refractivity contribution in [2.24, 2.45) is 0 Å². The van der Waals surface area contributed by atoms with Gasteiger partial charge >= 0.3 is 0 Å². The lowest BCUT2D eigenvalue weighted by molar-refractivity contribution is 0.939. The van der Waals surface area contributed by atoms with Gasteiger partial charge in [0.25, 0.3) is 0 Å². The maximum Gasteiger partial charge on any atom is 0.162 e. The molecule has 0 N–H and O–H groups in total. The standard InChI is InChI=1S/C6H6BrN/c1-8-6-3-2-5(7)4-6/h4-5H,2-3H2. The van der Waals surface area contributed by atoms with E-state index in [0.717, 1.165) is 18.5 Å². The minimum absolute atomic E-state index is 0.464. The molecule has 42 valence electrons. The van der Waals surface area contributed by atoms with E-state index in [-0.39, 0.29) is 0 Å². The fourth-order valence-corrected chi connectivity index (χ4v) is 1.29. The van der Waals surface area contributed by atoms with Gasteiger partial charge in [0, 0.05) is 4.83 Å². The molecule has 1 aliphatic rings. The normalized spacial score (nSPS) is 27.0. The molecule has 0 aromatic carbocycles. The Hall–Kier alpha value is -0.290. The molecule has 8 heavy (non-hydrogen) atoms. The van der Waals surface area contributed by atoms with E-state index in [4.69, 9.17) is 6.57 Å². The molecule has 0 bridgehead atoms. The van der Waals surface area contributed by atoms with Gasteiger partial charge in [0.05, 0.1) is 6.57 Å². The molecule has 1 aliphatic carbocycles. The van der Waals surface area contributed by atoms with Crippen LogP contribution in [0, 0.1) is 6.57 Å². The lowest BCUT2D eigenvalue weighted by Gasteiger charge is -1.87. The highest BCUT2D eigenvalue weighted by molar-refractivity contribution is 9.09. The first-order valence-electron chi connectivity index (χ1n) is 2.55. The quantitative estimate of drug-likeness (QED) is 0.390. The molecule has 0 amide bonds. The van der Waals surface area contributed by atoms with Gasteiger partial charge in [-0.25, -0.2) is 4.85 Å². The molecule has 0 aromatic heterocycles. The van der Waals surface area contributed by atoms with Crippen molar-refractivity contribution in [1.82, 2.24) is 0 Å². The van der Waals surface area contributed by atoms with Crippen LogP contribution < -0.4 is 0 Å². The maximum atomic E-state index is 6.63. The van der Waals surface area contributed by atoms with Crippen LogP contribution in [-0.2, 0) is 0 Å². The molecule has 0 aromatic rings. The van der Waals surface area contributed by atoms with Crippen LogP contribution in [-0.4, -0.2) is 4.83 Å². The number of hydrogen-bond acceptors (Lipinski definition) is 0. The van der Waals surface area contributed by atoms with Crippen molar-refractivity contribution in [3.8, 4) is 0 Å². The number of rotatable bonds is 0. The van der Waals surface area contributed by atoms with Crippen LogP contribution in [0.2, 0.25) is 0 Å². The molecule has 0 saturated carbocycles. The van der Waals surface area contributed by atoms with Crippen molar-refractivity contribution in [3.63, 3.8) is 0 Å². The lowest BCUT2D eigenvalue weighted by Crippen LogP contribution is -1.80. The third-order valence-electron chi connectivity index (χ3n) is 1.19. The number of alkyl halides is 1. The minimum Gasteiger partial charge on any atom is -0.243 e. The van der Waals surface area contributed by atoms with Crippen molar-refractivity contribution in [1.29, 1.82) is 0 Å². The first kappa shape index (κ1) is 5.84. The molecule has 2 heteroatoms. The Labute approximate surface area is 57.3 Å². The molecule has 0 fully saturated rings. The number of hydrogen-bond donors (Lipinski definition) is 0. The molecular weight excluding hydrogens is 166 g/mol. The van der Waals surface area contributed by atoms with E-state index in [9.17, 15) is 0 Å². The van der Waals surface area contributed by atoms with Gasteiger partial charge in [0.1, 0.15) is 0 Å². The summed E-state index contributed by atoms with van der Waals surface area (Å²) in [4.78, 5) is 3.78. The molecule has 1 nitrogen and oxygen atoms in total. The SMILES string of the molecule is [C-]#[N+]C1=CC(Br)CC1. The van der Waals surface area contributed by atoms with Gasteiger partial charge in [0.2, 0.25) is 0 Å². The summed E-state index contributed by atoms with van der Waals surface area (Å²) in [5, 5.41) is 0. The van der Waals surface area contributed by atoms with E-state index in [1.165, 1.54) is 0 Å². The van der Waals surface area contributed by atoms with Gasteiger partial charge in [0.15, 0.2) is 5.70 Å². The molecule has 1 unspecified atom stereocenters. The van der Waals surface area contributed by atoms with E-state index in [2.05, 4.69) is 20.8 Å². The van der Waals surface area contributed by atoms with Crippen molar-refractivity contribution >= 4 is 15.9 Å². The Morgan fingerprint density at radius 2 is 2.62 bits per heavy atom. The van der Waals surface area contributed by atoms with Gasteiger partial charge in [-0.3, -0.25) is 0 Å². The Kier molecular flexibility index (Phi) is 1.69. The summed E-state index contributed by atoms with van der Waals surface area (Å²) in [6.07, 6.45) is 4.03. The fraction of sp³-hybridized carbons (Fsp3) is 0.500. The molecule has 0 spiro atoms. The average molecular weight is 172 g/mol. The van der Waals surface area contributed by atoms with Crippen LogP contribution in [0.4, 0.5) is 0 Å². The summed E-state index contributed by atoms with van der Waals surface area (Å²) in [6, 6.07) is 0. The first-order chi connectivity index (χ1) is 3.83. The van der Waals surface area contributed by atoms with Crippen molar-refractivity contribution in [3.05, 3.63) is 23.2 Å². The summed E-state index contributed by atoms with van der Waals surface area (Å²) >= 11 is 3.40. The Bertz CT molecular complexity index is 154. The smallest absolute Gasteiger partial charge is 0.162 e. The molecule has 0 aliphatic heterocycles. The van der Waals surface area contributed by atoms with Crippen molar-refractivity contribution < 1.29 is 0 Å². The lowest BCUT2D eigenvalue weighted by atomic mass is 10.3. The van der Waals surface area contributed by atoms with Gasteiger partial charge in [-0.1, -0.05) is 22.0 Å². The highest BCUT2D eigenvalue weighted by atomic mass is 79.9. The van der Waals surface area contributed by atoms with E-state index < -0.39 is 0 Å². The van der Waals surface area contributed by atoms with E-state index >= 15 is 0 Å². The van der Waals surface area contributed by atoms with E-state index in [1.54, 1.807) is 0 Å². The van der Waals surface area contributed by atoms with Crippen LogP contribution in [0.25, 0.3) is 4.85 Å². The molecule has 0 heterocycles. The fourth-order valence-electron chi connectivity index (χ4n) is 0.754. The second-order valence-corrected chi connectivity index (χ2v) is 3.00. The Balaban J connectivity index is 2.61. The van der Waals surface area contributed by atoms with Crippen LogP contribution in [0.5, 0.6) is 0 Å². The second kappa shape index (κ2) is 2.32. The third kappa shape index (κ3) is 1.10. The van der Waals surface area contributed by atoms with Crippen LogP contribution in [0.1, 0.15) is 12.8 Å². The number of allylic oxidation sites excluding steroid dienone is 2. The summed E-state index contributed by atoms with van der Waals surface area (Å²) in [5.41, 5.74) is 0.909. The van der Waals surface area contributed by atoms with Gasteiger partial charge in [-0.2, -0.15) is 0 Å². The minimum atomic E-state index is 0.464. The van der Waals surface area contributed by atoms with Gasteiger partial charge in [-0.15, -0.1) is 0 Å². The largest absolute Gasteiger partial charge is 0.243 e. The molecule has 0 radical (unpaired) electrons. The Morgan fingerprint density at radius 3 is 2.88 bits per heavy atom. The molecular formula is C6H6BrN. The number of nitrogens with zero attached hydrogens (tertiary/aromatic N) is 1. The highest BCUT2D eigenvalue weighted by Crippen LogP contribution is 2.24. The van der Waals surface area contributed by atoms with Crippen LogP contribution in [0.15, 0.2) is 11.8 Å². The van der Waals surface area contributed by atoms with Crippen LogP contribution >= 0.6 is 15.9 Å². The summed E-state index contributed by atoms with van der Waals surface area (Å²) in [6.45, 7) is 6.63. The maximum absolute atomic E-state index is 6.63. The van der Waals surface area contributed by atoms with E-state index in [0.29, 0.717) is 4.83 Å². The van der Waals surface area contributed by atoms with Crippen molar-refractivity contribution in [2.45, 2.75) is 17.7 Å². The summed E-state index contributed by atoms with van der Waals surface area (Å²) in [5.74, 6) is 0. The average Bonchev–Trinajstić information content (AvgIpc) is 2.14. The van der Waals surface area contributed by atoms with Gasteiger partial charge in [-0.05, 0) is 12.8 Å². The third-order valence-corrected chi connectivity index (χ3v) is 1.92. The zero-order chi connectivity index (χ0) is 5.98. The predicted molar refractivity (Wildman–Crippen MR) is 36.6 cm³/mol. The molecule has 0 saturated heterocycles. The first-order valence-corrected chi connectivity index (χ1v) is 3.46. The predicted octanol–water partition coefficient (Wildman–Crippen LogP) is 2.35. The molecule has 1 rings (SSSR count).